The highest BCUT2D eigenvalue weighted by molar-refractivity contribution is 5.13. The Hall–Kier alpha value is -0.710. The Morgan fingerprint density at radius 1 is 1.35 bits per heavy atom. The minimum absolute atomic E-state index is 0.169. The van der Waals surface area contributed by atoms with E-state index in [1.165, 1.54) is 0 Å². The van der Waals surface area contributed by atoms with Gasteiger partial charge in [-0.15, -0.1) is 0 Å². The van der Waals surface area contributed by atoms with Gasteiger partial charge in [0, 0.05) is 17.7 Å². The Balaban J connectivity index is 2.46. The van der Waals surface area contributed by atoms with E-state index >= 15 is 0 Å². The molecule has 0 unspecified atom stereocenters. The standard InChI is InChI=1S/C12H20F3NO/c1-7(2)8(3)16-9(4)10-5-11(17,6-10)12(13,14)15/h7-8,10,16-17H,4-6H2,1-3H3/t8-,10?,11?/m1/s1. The van der Waals surface area contributed by atoms with E-state index in [0.717, 1.165) is 0 Å². The minimum atomic E-state index is -4.53. The van der Waals surface area contributed by atoms with Crippen LogP contribution in [0, 0.1) is 11.8 Å². The third kappa shape index (κ3) is 2.94. The first kappa shape index (κ1) is 14.4. The highest BCUT2D eigenvalue weighted by Crippen LogP contribution is 2.50. The molecule has 0 amide bonds. The normalized spacial score (nSPS) is 30.9. The zero-order valence-electron chi connectivity index (χ0n) is 10.4. The van der Waals surface area contributed by atoms with E-state index in [9.17, 15) is 18.3 Å². The van der Waals surface area contributed by atoms with E-state index in [2.05, 4.69) is 11.9 Å². The number of halogens is 3. The molecule has 0 spiro atoms. The first-order chi connectivity index (χ1) is 7.57. The Kier molecular flexibility index (Phi) is 3.81. The second-order valence-electron chi connectivity index (χ2n) is 5.34. The molecule has 0 aromatic heterocycles. The molecule has 100 valence electrons. The SMILES string of the molecule is C=C(N[C@H](C)C(C)C)C1CC(O)(C(F)(F)F)C1. The fourth-order valence-electron chi connectivity index (χ4n) is 1.81. The van der Waals surface area contributed by atoms with Crippen LogP contribution in [0.2, 0.25) is 0 Å². The van der Waals surface area contributed by atoms with Crippen molar-refractivity contribution in [1.29, 1.82) is 0 Å². The van der Waals surface area contributed by atoms with Crippen molar-refractivity contribution in [2.75, 3.05) is 0 Å². The number of allylic oxidation sites excluding steroid dienone is 1. The Labute approximate surface area is 99.9 Å². The van der Waals surface area contributed by atoms with Gasteiger partial charge >= 0.3 is 6.18 Å². The first-order valence-electron chi connectivity index (χ1n) is 5.81. The van der Waals surface area contributed by atoms with E-state index in [-0.39, 0.29) is 24.8 Å². The topological polar surface area (TPSA) is 32.3 Å². The summed E-state index contributed by atoms with van der Waals surface area (Å²) >= 11 is 0. The molecule has 5 heteroatoms. The zero-order chi connectivity index (χ0) is 13.4. The third-order valence-electron chi connectivity index (χ3n) is 3.60. The van der Waals surface area contributed by atoms with Gasteiger partial charge in [-0.3, -0.25) is 0 Å². The summed E-state index contributed by atoms with van der Waals surface area (Å²) in [6.07, 6.45) is -5.10. The van der Waals surface area contributed by atoms with Gasteiger partial charge in [-0.25, -0.2) is 0 Å². The zero-order valence-corrected chi connectivity index (χ0v) is 10.4. The number of rotatable bonds is 4. The lowest BCUT2D eigenvalue weighted by molar-refractivity contribution is -0.295. The predicted molar refractivity (Wildman–Crippen MR) is 60.3 cm³/mol. The molecule has 1 fully saturated rings. The summed E-state index contributed by atoms with van der Waals surface area (Å²) in [6, 6.07) is 0.169. The van der Waals surface area contributed by atoms with Gasteiger partial charge in [0.1, 0.15) is 0 Å². The summed E-state index contributed by atoms with van der Waals surface area (Å²) in [5.74, 6) is 0.0937. The van der Waals surface area contributed by atoms with Gasteiger partial charge in [0.25, 0.3) is 0 Å². The van der Waals surface area contributed by atoms with Gasteiger partial charge in [0.2, 0.25) is 0 Å². The van der Waals surface area contributed by atoms with Crippen LogP contribution < -0.4 is 5.32 Å². The van der Waals surface area contributed by atoms with Crippen molar-refractivity contribution in [3.63, 3.8) is 0 Å². The second-order valence-corrected chi connectivity index (χ2v) is 5.34. The molecule has 1 atom stereocenters. The molecule has 0 bridgehead atoms. The molecular formula is C12H20F3NO. The van der Waals surface area contributed by atoms with Crippen LogP contribution >= 0.6 is 0 Å². The van der Waals surface area contributed by atoms with Crippen LogP contribution in [-0.2, 0) is 0 Å². The van der Waals surface area contributed by atoms with Crippen LogP contribution in [0.3, 0.4) is 0 Å². The van der Waals surface area contributed by atoms with Gasteiger partial charge in [-0.05, 0) is 25.7 Å². The van der Waals surface area contributed by atoms with Crippen molar-refractivity contribution in [3.8, 4) is 0 Å². The maximum Gasteiger partial charge on any atom is 0.417 e. The summed E-state index contributed by atoms with van der Waals surface area (Å²) in [4.78, 5) is 0. The van der Waals surface area contributed by atoms with Gasteiger partial charge in [-0.1, -0.05) is 20.4 Å². The molecule has 17 heavy (non-hydrogen) atoms. The van der Waals surface area contributed by atoms with Gasteiger partial charge in [-0.2, -0.15) is 13.2 Å². The lowest BCUT2D eigenvalue weighted by Crippen LogP contribution is -2.56. The van der Waals surface area contributed by atoms with Gasteiger partial charge in [0.05, 0.1) is 0 Å². The molecule has 1 saturated carbocycles. The summed E-state index contributed by atoms with van der Waals surface area (Å²) in [7, 11) is 0. The lowest BCUT2D eigenvalue weighted by atomic mass is 9.69. The summed E-state index contributed by atoms with van der Waals surface area (Å²) in [6.45, 7) is 9.77. The first-order valence-corrected chi connectivity index (χ1v) is 5.81. The van der Waals surface area contributed by atoms with Crippen LogP contribution in [0.5, 0.6) is 0 Å². The fourth-order valence-corrected chi connectivity index (χ4v) is 1.81. The Bertz CT molecular complexity index is 293. The molecule has 1 aliphatic rings. The van der Waals surface area contributed by atoms with Crippen LogP contribution in [-0.4, -0.2) is 22.9 Å². The van der Waals surface area contributed by atoms with Crippen molar-refractivity contribution in [2.24, 2.45) is 11.8 Å². The number of aliphatic hydroxyl groups is 1. The molecule has 0 aromatic carbocycles. The van der Waals surface area contributed by atoms with Gasteiger partial charge in [0.15, 0.2) is 5.60 Å². The minimum Gasteiger partial charge on any atom is -0.386 e. The van der Waals surface area contributed by atoms with E-state index in [4.69, 9.17) is 0 Å². The second kappa shape index (κ2) is 4.52. The average molecular weight is 251 g/mol. The molecular weight excluding hydrogens is 231 g/mol. The van der Waals surface area contributed by atoms with Crippen molar-refractivity contribution < 1.29 is 18.3 Å². The van der Waals surface area contributed by atoms with E-state index in [1.54, 1.807) is 0 Å². The number of alkyl halides is 3. The van der Waals surface area contributed by atoms with E-state index in [1.807, 2.05) is 20.8 Å². The van der Waals surface area contributed by atoms with Crippen molar-refractivity contribution in [3.05, 3.63) is 12.3 Å². The van der Waals surface area contributed by atoms with Crippen LogP contribution in [0.15, 0.2) is 12.3 Å². The summed E-state index contributed by atoms with van der Waals surface area (Å²) < 4.78 is 37.2. The highest BCUT2D eigenvalue weighted by Gasteiger charge is 2.61. The highest BCUT2D eigenvalue weighted by atomic mass is 19.4. The third-order valence-corrected chi connectivity index (χ3v) is 3.60. The molecule has 0 saturated heterocycles. The fraction of sp³-hybridized carbons (Fsp3) is 0.833. The summed E-state index contributed by atoms with van der Waals surface area (Å²) in [5, 5.41) is 12.4. The Morgan fingerprint density at radius 3 is 2.18 bits per heavy atom. The van der Waals surface area contributed by atoms with Crippen molar-refractivity contribution >= 4 is 0 Å². The molecule has 0 radical (unpaired) electrons. The molecule has 0 heterocycles. The molecule has 2 nitrogen and oxygen atoms in total. The number of nitrogens with one attached hydrogen (secondary N) is 1. The maximum atomic E-state index is 12.4. The van der Waals surface area contributed by atoms with Crippen molar-refractivity contribution in [1.82, 2.24) is 5.32 Å². The van der Waals surface area contributed by atoms with Crippen LogP contribution in [0.4, 0.5) is 13.2 Å². The molecule has 1 aliphatic carbocycles. The van der Waals surface area contributed by atoms with E-state index < -0.39 is 11.8 Å². The molecule has 1 rings (SSSR count). The molecule has 0 aromatic rings. The maximum absolute atomic E-state index is 12.4. The number of hydrogen-bond acceptors (Lipinski definition) is 2. The predicted octanol–water partition coefficient (Wildman–Crippen LogP) is 2.84. The smallest absolute Gasteiger partial charge is 0.386 e. The quantitative estimate of drug-likeness (QED) is 0.805. The van der Waals surface area contributed by atoms with Gasteiger partial charge < -0.3 is 10.4 Å². The largest absolute Gasteiger partial charge is 0.417 e. The van der Waals surface area contributed by atoms with Crippen LogP contribution in [0.25, 0.3) is 0 Å². The monoisotopic (exact) mass is 251 g/mol. The lowest BCUT2D eigenvalue weighted by Gasteiger charge is -2.45. The van der Waals surface area contributed by atoms with Crippen molar-refractivity contribution in [2.45, 2.75) is 51.4 Å². The molecule has 2 N–H and O–H groups in total. The Morgan fingerprint density at radius 2 is 1.82 bits per heavy atom. The summed E-state index contributed by atoms with van der Waals surface area (Å²) in [5.41, 5.74) is -1.91. The average Bonchev–Trinajstić information content (AvgIpc) is 2.10. The molecule has 0 aliphatic heterocycles. The number of hydrogen-bond donors (Lipinski definition) is 2. The van der Waals surface area contributed by atoms with Crippen LogP contribution in [0.1, 0.15) is 33.6 Å². The van der Waals surface area contributed by atoms with E-state index in [0.29, 0.717) is 11.6 Å².